The first-order valence-corrected chi connectivity index (χ1v) is 10.2. The molecule has 0 unspecified atom stereocenters. The number of rotatable bonds is 4. The van der Waals surface area contributed by atoms with Gasteiger partial charge in [-0.1, -0.05) is 66.7 Å². The van der Waals surface area contributed by atoms with Crippen molar-refractivity contribution in [1.29, 1.82) is 0 Å². The van der Waals surface area contributed by atoms with Crippen LogP contribution < -0.4 is 9.91 Å². The highest BCUT2D eigenvalue weighted by Crippen LogP contribution is 2.55. The van der Waals surface area contributed by atoms with Crippen molar-refractivity contribution in [3.05, 3.63) is 96.1 Å². The summed E-state index contributed by atoms with van der Waals surface area (Å²) in [6, 6.07) is 27.8. The summed E-state index contributed by atoms with van der Waals surface area (Å²) in [4.78, 5) is 15.8. The summed E-state index contributed by atoms with van der Waals surface area (Å²) in [6.45, 7) is 2.72. The molecule has 0 spiro atoms. The van der Waals surface area contributed by atoms with Gasteiger partial charge in [0, 0.05) is 23.4 Å². The van der Waals surface area contributed by atoms with Crippen molar-refractivity contribution in [1.82, 2.24) is 0 Å². The molecule has 2 heterocycles. The normalized spacial score (nSPS) is 21.8. The molecule has 0 radical (unpaired) electrons. The highest BCUT2D eigenvalue weighted by atomic mass is 16.5. The van der Waals surface area contributed by atoms with Crippen molar-refractivity contribution in [2.45, 2.75) is 18.5 Å². The molecule has 0 N–H and O–H groups in total. The third-order valence-corrected chi connectivity index (χ3v) is 6.04. The van der Waals surface area contributed by atoms with E-state index in [0.29, 0.717) is 12.3 Å². The van der Waals surface area contributed by atoms with E-state index in [-0.39, 0.29) is 12.0 Å². The van der Waals surface area contributed by atoms with Crippen LogP contribution in [0, 0.1) is 0 Å². The molecule has 0 bridgehead atoms. The van der Waals surface area contributed by atoms with Gasteiger partial charge in [0.1, 0.15) is 11.8 Å². The minimum atomic E-state index is -1.07. The second kappa shape index (κ2) is 7.02. The van der Waals surface area contributed by atoms with Gasteiger partial charge in [-0.3, -0.25) is 5.01 Å². The Balaban J connectivity index is 1.84. The van der Waals surface area contributed by atoms with Crippen LogP contribution in [0.15, 0.2) is 90.0 Å². The number of hydrazone groups is 1. The fourth-order valence-electron chi connectivity index (χ4n) is 4.89. The summed E-state index contributed by atoms with van der Waals surface area (Å²) in [6.07, 6.45) is 0. The van der Waals surface area contributed by atoms with Gasteiger partial charge in [-0.15, -0.1) is 0 Å². The summed E-state index contributed by atoms with van der Waals surface area (Å²) in [7, 11) is 1.46. The molecule has 2 atom stereocenters. The van der Waals surface area contributed by atoms with Crippen LogP contribution in [0.2, 0.25) is 0 Å². The van der Waals surface area contributed by atoms with Crippen LogP contribution in [0.5, 0.6) is 0 Å². The number of likely N-dealkylation sites (N-methyl/N-ethyl adjacent to an activating group) is 1. The predicted molar refractivity (Wildman–Crippen MR) is 119 cm³/mol. The highest BCUT2D eigenvalue weighted by Gasteiger charge is 2.66. The molecule has 0 aliphatic carbocycles. The predicted octanol–water partition coefficient (Wildman–Crippen LogP) is 4.40. The summed E-state index contributed by atoms with van der Waals surface area (Å²) >= 11 is 0. The van der Waals surface area contributed by atoms with Gasteiger partial charge in [-0.25, -0.2) is 4.79 Å². The largest absolute Gasteiger partial charge is 0.467 e. The van der Waals surface area contributed by atoms with E-state index >= 15 is 0 Å². The number of methoxy groups -OCH3 is 1. The summed E-state index contributed by atoms with van der Waals surface area (Å²) < 4.78 is 5.45. The van der Waals surface area contributed by atoms with E-state index in [9.17, 15) is 4.79 Å². The Kier molecular flexibility index (Phi) is 4.31. The van der Waals surface area contributed by atoms with Gasteiger partial charge in [0.05, 0.1) is 12.8 Å². The number of anilines is 2. The van der Waals surface area contributed by atoms with Gasteiger partial charge in [0.2, 0.25) is 5.54 Å². The Morgan fingerprint density at radius 2 is 1.60 bits per heavy atom. The first-order chi connectivity index (χ1) is 14.7. The number of hydrogen-bond acceptors (Lipinski definition) is 5. The van der Waals surface area contributed by atoms with Crippen molar-refractivity contribution < 1.29 is 9.53 Å². The maximum atomic E-state index is 13.6. The SMILES string of the molecule is CCN1c2ccccc2[C@@H]2N(c3ccccc3)N=C(c3ccccc3)[C@@]21C(=O)OC. The molecule has 0 fully saturated rings. The van der Waals surface area contributed by atoms with E-state index in [1.165, 1.54) is 7.11 Å². The van der Waals surface area contributed by atoms with Crippen molar-refractivity contribution in [3.8, 4) is 0 Å². The van der Waals surface area contributed by atoms with E-state index in [2.05, 4.69) is 24.0 Å². The molecule has 30 heavy (non-hydrogen) atoms. The van der Waals surface area contributed by atoms with Crippen LogP contribution in [0.25, 0.3) is 0 Å². The number of fused-ring (bicyclic) bond motifs is 3. The van der Waals surface area contributed by atoms with Crippen molar-refractivity contribution in [2.75, 3.05) is 23.6 Å². The van der Waals surface area contributed by atoms with Crippen LogP contribution >= 0.6 is 0 Å². The Hall–Kier alpha value is -3.60. The monoisotopic (exact) mass is 397 g/mol. The maximum Gasteiger partial charge on any atom is 0.340 e. The fourth-order valence-corrected chi connectivity index (χ4v) is 4.89. The van der Waals surface area contributed by atoms with E-state index < -0.39 is 5.54 Å². The maximum absolute atomic E-state index is 13.6. The zero-order valence-corrected chi connectivity index (χ0v) is 17.0. The molecule has 5 rings (SSSR count). The van der Waals surface area contributed by atoms with Gasteiger partial charge in [0.25, 0.3) is 0 Å². The number of nitrogens with zero attached hydrogens (tertiary/aromatic N) is 3. The van der Waals surface area contributed by atoms with E-state index in [1.54, 1.807) is 0 Å². The van der Waals surface area contributed by atoms with Gasteiger partial charge >= 0.3 is 5.97 Å². The molecule has 0 saturated carbocycles. The molecular weight excluding hydrogens is 374 g/mol. The Labute approximate surface area is 176 Å². The number of carbonyl (C=O) groups is 1. The number of ether oxygens (including phenoxy) is 1. The molecule has 5 nitrogen and oxygen atoms in total. The van der Waals surface area contributed by atoms with E-state index in [0.717, 1.165) is 22.5 Å². The Morgan fingerprint density at radius 3 is 2.27 bits per heavy atom. The lowest BCUT2D eigenvalue weighted by Gasteiger charge is -2.38. The topological polar surface area (TPSA) is 45.1 Å². The van der Waals surface area contributed by atoms with Gasteiger partial charge in [-0.2, -0.15) is 5.10 Å². The molecule has 0 saturated heterocycles. The fraction of sp³-hybridized carbons (Fsp3) is 0.200. The van der Waals surface area contributed by atoms with Crippen molar-refractivity contribution in [3.63, 3.8) is 0 Å². The van der Waals surface area contributed by atoms with Gasteiger partial charge < -0.3 is 9.64 Å². The van der Waals surface area contributed by atoms with Crippen molar-refractivity contribution >= 4 is 23.1 Å². The third-order valence-electron chi connectivity index (χ3n) is 6.04. The second-order valence-corrected chi connectivity index (χ2v) is 7.46. The third kappa shape index (κ3) is 2.35. The Morgan fingerprint density at radius 1 is 0.967 bits per heavy atom. The van der Waals surface area contributed by atoms with Crippen LogP contribution in [0.4, 0.5) is 11.4 Å². The van der Waals surface area contributed by atoms with Crippen LogP contribution in [-0.2, 0) is 9.53 Å². The molecule has 150 valence electrons. The number of carbonyl (C=O) groups excluding carboxylic acids is 1. The number of hydrogen-bond donors (Lipinski definition) is 0. The average Bonchev–Trinajstić information content (AvgIpc) is 3.31. The molecule has 3 aromatic carbocycles. The van der Waals surface area contributed by atoms with Crippen molar-refractivity contribution in [2.24, 2.45) is 5.10 Å². The standard InChI is InChI=1S/C25H23N3O2/c1-3-27-21-17-11-10-16-20(21)23-25(27,24(29)30-2)22(18-12-6-4-7-13-18)26-28(23)19-14-8-5-9-15-19/h4-17,23H,3H2,1-2H3/t23-,25-/m0/s1. The minimum absolute atomic E-state index is 0.299. The lowest BCUT2D eigenvalue weighted by molar-refractivity contribution is -0.144. The Bertz CT molecular complexity index is 1110. The van der Waals surface area contributed by atoms with E-state index in [4.69, 9.17) is 9.84 Å². The summed E-state index contributed by atoms with van der Waals surface area (Å²) in [5, 5.41) is 7.04. The lowest BCUT2D eigenvalue weighted by atomic mass is 9.81. The molecule has 5 heteroatoms. The molecular formula is C25H23N3O2. The van der Waals surface area contributed by atoms with Gasteiger partial charge in [-0.05, 0) is 25.1 Å². The van der Waals surface area contributed by atoms with Crippen LogP contribution in [0.3, 0.4) is 0 Å². The van der Waals surface area contributed by atoms with E-state index in [1.807, 2.05) is 77.8 Å². The number of para-hydroxylation sites is 2. The quantitative estimate of drug-likeness (QED) is 0.612. The molecule has 2 aliphatic rings. The highest BCUT2D eigenvalue weighted by molar-refractivity contribution is 6.25. The number of esters is 1. The first kappa shape index (κ1) is 18.4. The average molecular weight is 397 g/mol. The molecule has 0 amide bonds. The van der Waals surface area contributed by atoms with Gasteiger partial charge in [0.15, 0.2) is 0 Å². The smallest absolute Gasteiger partial charge is 0.340 e. The molecule has 2 aliphatic heterocycles. The first-order valence-electron chi connectivity index (χ1n) is 10.2. The van der Waals surface area contributed by atoms with Crippen LogP contribution in [-0.4, -0.2) is 30.9 Å². The zero-order chi connectivity index (χ0) is 20.7. The molecule has 0 aromatic heterocycles. The van der Waals surface area contributed by atoms with Crippen LogP contribution in [0.1, 0.15) is 24.1 Å². The minimum Gasteiger partial charge on any atom is -0.467 e. The lowest BCUT2D eigenvalue weighted by Crippen LogP contribution is -2.60. The summed E-state index contributed by atoms with van der Waals surface area (Å²) in [5.41, 5.74) is 3.61. The molecule has 3 aromatic rings. The second-order valence-electron chi connectivity index (χ2n) is 7.46. The zero-order valence-electron chi connectivity index (χ0n) is 17.0. The number of benzene rings is 3. The summed E-state index contributed by atoms with van der Waals surface area (Å²) in [5.74, 6) is -0.299.